The van der Waals surface area contributed by atoms with Crippen LogP contribution in [0.3, 0.4) is 0 Å². The maximum absolute atomic E-state index is 4.42. The summed E-state index contributed by atoms with van der Waals surface area (Å²) in [4.78, 5) is 4.30. The van der Waals surface area contributed by atoms with Gasteiger partial charge in [-0.25, -0.2) is 4.68 Å². The molecule has 0 spiro atoms. The number of benzene rings is 2. The van der Waals surface area contributed by atoms with Crippen LogP contribution in [-0.2, 0) is 6.54 Å². The fourth-order valence-corrected chi connectivity index (χ4v) is 2.58. The van der Waals surface area contributed by atoms with Crippen molar-refractivity contribution in [1.82, 2.24) is 20.4 Å². The Labute approximate surface area is 148 Å². The van der Waals surface area contributed by atoms with E-state index in [1.807, 2.05) is 65.6 Å². The zero-order chi connectivity index (χ0) is 17.5. The molecule has 0 bridgehead atoms. The zero-order valence-electron chi connectivity index (χ0n) is 14.6. The van der Waals surface area contributed by atoms with Crippen LogP contribution in [-0.4, -0.2) is 22.8 Å². The van der Waals surface area contributed by atoms with Crippen molar-refractivity contribution in [3.05, 3.63) is 84.2 Å². The first-order valence-electron chi connectivity index (χ1n) is 8.37. The van der Waals surface area contributed by atoms with E-state index in [0.29, 0.717) is 6.54 Å². The molecule has 25 heavy (non-hydrogen) atoms. The summed E-state index contributed by atoms with van der Waals surface area (Å²) in [5, 5.41) is 11.2. The summed E-state index contributed by atoms with van der Waals surface area (Å²) >= 11 is 0. The molecule has 0 amide bonds. The molecule has 1 aromatic heterocycles. The minimum Gasteiger partial charge on any atom is -0.352 e. The molecule has 3 rings (SSSR count). The number of rotatable bonds is 5. The SMILES string of the molecule is CN=C(NCc1cnn(-c2ccccc2)c1)NC(C)c1ccccc1. The summed E-state index contributed by atoms with van der Waals surface area (Å²) in [5.41, 5.74) is 3.37. The van der Waals surface area contributed by atoms with E-state index < -0.39 is 0 Å². The van der Waals surface area contributed by atoms with Crippen molar-refractivity contribution in [3.8, 4) is 5.69 Å². The van der Waals surface area contributed by atoms with Crippen LogP contribution >= 0.6 is 0 Å². The third-order valence-electron chi connectivity index (χ3n) is 3.99. The molecule has 0 fully saturated rings. The van der Waals surface area contributed by atoms with Gasteiger partial charge in [-0.2, -0.15) is 5.10 Å². The van der Waals surface area contributed by atoms with Gasteiger partial charge >= 0.3 is 0 Å². The Hall–Kier alpha value is -3.08. The molecule has 0 aliphatic carbocycles. The van der Waals surface area contributed by atoms with Gasteiger partial charge in [0.15, 0.2) is 5.96 Å². The van der Waals surface area contributed by atoms with Crippen molar-refractivity contribution >= 4 is 5.96 Å². The highest BCUT2D eigenvalue weighted by Gasteiger charge is 2.08. The molecule has 3 aromatic rings. The van der Waals surface area contributed by atoms with E-state index in [1.54, 1.807) is 7.05 Å². The van der Waals surface area contributed by atoms with E-state index in [-0.39, 0.29) is 6.04 Å². The normalized spacial score (nSPS) is 12.6. The molecule has 0 saturated carbocycles. The van der Waals surface area contributed by atoms with Gasteiger partial charge in [0.25, 0.3) is 0 Å². The minimum atomic E-state index is 0.180. The maximum Gasteiger partial charge on any atom is 0.191 e. The van der Waals surface area contributed by atoms with Crippen molar-refractivity contribution in [2.75, 3.05) is 7.05 Å². The van der Waals surface area contributed by atoms with Crippen LogP contribution in [0, 0.1) is 0 Å². The molecule has 1 heterocycles. The first-order valence-corrected chi connectivity index (χ1v) is 8.37. The van der Waals surface area contributed by atoms with Crippen LogP contribution in [0.1, 0.15) is 24.1 Å². The van der Waals surface area contributed by atoms with E-state index in [4.69, 9.17) is 0 Å². The molecule has 0 aliphatic rings. The summed E-state index contributed by atoms with van der Waals surface area (Å²) in [5.74, 6) is 0.767. The van der Waals surface area contributed by atoms with E-state index in [9.17, 15) is 0 Å². The Morgan fingerprint density at radius 1 is 1.08 bits per heavy atom. The number of nitrogens with zero attached hydrogens (tertiary/aromatic N) is 3. The van der Waals surface area contributed by atoms with Crippen molar-refractivity contribution in [3.63, 3.8) is 0 Å². The van der Waals surface area contributed by atoms with Gasteiger partial charge in [0.2, 0.25) is 0 Å². The van der Waals surface area contributed by atoms with Crippen LogP contribution in [0.25, 0.3) is 5.69 Å². The Bertz CT molecular complexity index is 808. The number of nitrogens with one attached hydrogen (secondary N) is 2. The largest absolute Gasteiger partial charge is 0.352 e. The molecule has 0 radical (unpaired) electrons. The Balaban J connectivity index is 1.58. The quantitative estimate of drug-likeness (QED) is 0.556. The molecule has 5 heteroatoms. The molecule has 128 valence electrons. The highest BCUT2D eigenvalue weighted by Crippen LogP contribution is 2.11. The van der Waals surface area contributed by atoms with E-state index in [1.165, 1.54) is 5.56 Å². The van der Waals surface area contributed by atoms with Gasteiger partial charge in [0.1, 0.15) is 0 Å². The molecule has 2 aromatic carbocycles. The standard InChI is InChI=1S/C20H23N5/c1-16(18-9-5-3-6-10-18)24-20(21-2)22-13-17-14-23-25(15-17)19-11-7-4-8-12-19/h3-12,14-16H,13H2,1-2H3,(H2,21,22,24). The number of aliphatic imine (C=N–C) groups is 1. The smallest absolute Gasteiger partial charge is 0.191 e. The highest BCUT2D eigenvalue weighted by molar-refractivity contribution is 5.80. The van der Waals surface area contributed by atoms with Crippen LogP contribution in [0.2, 0.25) is 0 Å². The van der Waals surface area contributed by atoms with Crippen LogP contribution in [0.5, 0.6) is 0 Å². The van der Waals surface area contributed by atoms with Crippen LogP contribution in [0.4, 0.5) is 0 Å². The summed E-state index contributed by atoms with van der Waals surface area (Å²) < 4.78 is 1.87. The third-order valence-corrected chi connectivity index (χ3v) is 3.99. The predicted molar refractivity (Wildman–Crippen MR) is 102 cm³/mol. The lowest BCUT2D eigenvalue weighted by Crippen LogP contribution is -2.38. The van der Waals surface area contributed by atoms with E-state index >= 15 is 0 Å². The number of aromatic nitrogens is 2. The van der Waals surface area contributed by atoms with Crippen molar-refractivity contribution < 1.29 is 0 Å². The van der Waals surface area contributed by atoms with Crippen LogP contribution < -0.4 is 10.6 Å². The second-order valence-corrected chi connectivity index (χ2v) is 5.83. The highest BCUT2D eigenvalue weighted by atomic mass is 15.3. The van der Waals surface area contributed by atoms with Gasteiger partial charge in [0, 0.05) is 25.4 Å². The number of hydrogen-bond acceptors (Lipinski definition) is 2. The van der Waals surface area contributed by atoms with Crippen molar-refractivity contribution in [1.29, 1.82) is 0 Å². The third kappa shape index (κ3) is 4.47. The second-order valence-electron chi connectivity index (χ2n) is 5.83. The molecule has 0 saturated heterocycles. The second kappa shape index (κ2) is 8.15. The van der Waals surface area contributed by atoms with Gasteiger partial charge in [-0.15, -0.1) is 0 Å². The van der Waals surface area contributed by atoms with Crippen LogP contribution in [0.15, 0.2) is 78.0 Å². The molecule has 5 nitrogen and oxygen atoms in total. The molecule has 1 atom stereocenters. The lowest BCUT2D eigenvalue weighted by molar-refractivity contribution is 0.685. The first kappa shape index (κ1) is 16.8. The minimum absolute atomic E-state index is 0.180. The zero-order valence-corrected chi connectivity index (χ0v) is 14.6. The van der Waals surface area contributed by atoms with Gasteiger partial charge in [-0.05, 0) is 24.6 Å². The molecular weight excluding hydrogens is 310 g/mol. The number of guanidine groups is 1. The molecule has 0 aliphatic heterocycles. The van der Waals surface area contributed by atoms with Crippen molar-refractivity contribution in [2.24, 2.45) is 4.99 Å². The average Bonchev–Trinajstić information content (AvgIpc) is 3.15. The van der Waals surface area contributed by atoms with Gasteiger partial charge < -0.3 is 10.6 Å². The number of hydrogen-bond donors (Lipinski definition) is 2. The Morgan fingerprint density at radius 3 is 2.44 bits per heavy atom. The molecule has 2 N–H and O–H groups in total. The monoisotopic (exact) mass is 333 g/mol. The van der Waals surface area contributed by atoms with Gasteiger partial charge in [-0.1, -0.05) is 48.5 Å². The summed E-state index contributed by atoms with van der Waals surface area (Å²) in [7, 11) is 1.78. The summed E-state index contributed by atoms with van der Waals surface area (Å²) in [6.07, 6.45) is 3.89. The molecule has 1 unspecified atom stereocenters. The first-order chi connectivity index (χ1) is 12.3. The lowest BCUT2D eigenvalue weighted by atomic mass is 10.1. The maximum atomic E-state index is 4.42. The summed E-state index contributed by atoms with van der Waals surface area (Å²) in [6, 6.07) is 20.6. The molecular formula is C20H23N5. The fraction of sp³-hybridized carbons (Fsp3) is 0.200. The fourth-order valence-electron chi connectivity index (χ4n) is 2.58. The van der Waals surface area contributed by atoms with E-state index in [2.05, 4.69) is 39.8 Å². The predicted octanol–water partition coefficient (Wildman–Crippen LogP) is 3.30. The Morgan fingerprint density at radius 2 is 1.76 bits per heavy atom. The van der Waals surface area contributed by atoms with Crippen molar-refractivity contribution in [2.45, 2.75) is 19.5 Å². The van der Waals surface area contributed by atoms with E-state index in [0.717, 1.165) is 17.2 Å². The topological polar surface area (TPSA) is 54.2 Å². The number of para-hydroxylation sites is 1. The summed E-state index contributed by atoms with van der Waals surface area (Å²) in [6.45, 7) is 2.78. The average molecular weight is 333 g/mol. The van der Waals surface area contributed by atoms with Gasteiger partial charge in [-0.3, -0.25) is 4.99 Å². The lowest BCUT2D eigenvalue weighted by Gasteiger charge is -2.18. The Kier molecular flexibility index (Phi) is 5.46. The van der Waals surface area contributed by atoms with Gasteiger partial charge in [0.05, 0.1) is 17.9 Å².